The number of amides is 2. The van der Waals surface area contributed by atoms with E-state index in [9.17, 15) is 13.2 Å². The predicted octanol–water partition coefficient (Wildman–Crippen LogP) is 4.09. The van der Waals surface area contributed by atoms with Gasteiger partial charge in [-0.1, -0.05) is 58.8 Å². The maximum absolute atomic E-state index is 12.1. The van der Waals surface area contributed by atoms with Crippen LogP contribution in [-0.4, -0.2) is 25.2 Å². The maximum Gasteiger partial charge on any atom is 0.328 e. The van der Waals surface area contributed by atoms with E-state index < -0.39 is 16.1 Å². The van der Waals surface area contributed by atoms with Crippen molar-refractivity contribution in [1.29, 1.82) is 0 Å². The first kappa shape index (κ1) is 20.3. The number of urea groups is 1. The van der Waals surface area contributed by atoms with Crippen molar-refractivity contribution in [3.8, 4) is 0 Å². The Kier molecular flexibility index (Phi) is 8.37. The standard InChI is InChI=1S/C17H34N2O3S/c1-4-6-8-9-10-14-17(3,13-7-5-2)18-16(20)19-23(21,22)15-11-12-15/h15H,4-14H2,1-3H3,(H2,18,19,20). The lowest BCUT2D eigenvalue weighted by molar-refractivity contribution is 0.224. The minimum atomic E-state index is -3.47. The van der Waals surface area contributed by atoms with E-state index in [2.05, 4.69) is 23.9 Å². The van der Waals surface area contributed by atoms with E-state index in [1.165, 1.54) is 25.7 Å². The van der Waals surface area contributed by atoms with Gasteiger partial charge in [-0.2, -0.15) is 0 Å². The molecule has 0 radical (unpaired) electrons. The zero-order valence-corrected chi connectivity index (χ0v) is 15.8. The molecule has 5 nitrogen and oxygen atoms in total. The maximum atomic E-state index is 12.1. The van der Waals surface area contributed by atoms with Crippen LogP contribution in [0.25, 0.3) is 0 Å². The Labute approximate surface area is 142 Å². The van der Waals surface area contributed by atoms with Crippen molar-refractivity contribution in [2.75, 3.05) is 0 Å². The molecule has 0 saturated heterocycles. The van der Waals surface area contributed by atoms with Gasteiger partial charge in [-0.3, -0.25) is 0 Å². The Balaban J connectivity index is 2.48. The molecule has 2 N–H and O–H groups in total. The quantitative estimate of drug-likeness (QED) is 0.523. The molecule has 0 heterocycles. The largest absolute Gasteiger partial charge is 0.332 e. The highest BCUT2D eigenvalue weighted by Gasteiger charge is 2.37. The fourth-order valence-electron chi connectivity index (χ4n) is 2.83. The Morgan fingerprint density at radius 1 is 1.00 bits per heavy atom. The highest BCUT2D eigenvalue weighted by atomic mass is 32.2. The molecule has 6 heteroatoms. The summed E-state index contributed by atoms with van der Waals surface area (Å²) in [5, 5.41) is 2.56. The molecule has 1 fully saturated rings. The summed E-state index contributed by atoms with van der Waals surface area (Å²) in [6, 6.07) is -0.566. The Morgan fingerprint density at radius 2 is 1.57 bits per heavy atom. The SMILES string of the molecule is CCCCCCCC(C)(CCCC)NC(=O)NS(=O)(=O)C1CC1. The van der Waals surface area contributed by atoms with Gasteiger partial charge in [0.15, 0.2) is 0 Å². The fraction of sp³-hybridized carbons (Fsp3) is 0.941. The second-order valence-corrected chi connectivity index (χ2v) is 9.09. The molecule has 0 bridgehead atoms. The van der Waals surface area contributed by atoms with Crippen molar-refractivity contribution in [3.05, 3.63) is 0 Å². The second kappa shape index (κ2) is 9.50. The van der Waals surface area contributed by atoms with Crippen LogP contribution in [0.1, 0.15) is 91.4 Å². The molecule has 1 saturated carbocycles. The fourth-order valence-corrected chi connectivity index (χ4v) is 4.06. The normalized spacial score (nSPS) is 17.5. The first-order valence-corrected chi connectivity index (χ1v) is 10.7. The van der Waals surface area contributed by atoms with Gasteiger partial charge in [0, 0.05) is 5.54 Å². The lowest BCUT2D eigenvalue weighted by Crippen LogP contribution is -2.52. The molecular formula is C17H34N2O3S. The molecule has 136 valence electrons. The van der Waals surface area contributed by atoms with Crippen molar-refractivity contribution in [1.82, 2.24) is 10.0 Å². The number of hydrogen-bond donors (Lipinski definition) is 2. The van der Waals surface area contributed by atoms with Crippen LogP contribution in [0.4, 0.5) is 4.79 Å². The third kappa shape index (κ3) is 8.04. The van der Waals surface area contributed by atoms with Crippen LogP contribution in [0.15, 0.2) is 0 Å². The first-order valence-electron chi connectivity index (χ1n) is 9.17. The molecule has 0 aromatic heterocycles. The van der Waals surface area contributed by atoms with Gasteiger partial charge in [-0.15, -0.1) is 0 Å². The summed E-state index contributed by atoms with van der Waals surface area (Å²) in [6.07, 6.45) is 11.1. The van der Waals surface area contributed by atoms with Gasteiger partial charge in [0.2, 0.25) is 10.0 Å². The van der Waals surface area contributed by atoms with Gasteiger partial charge in [-0.25, -0.2) is 17.9 Å². The Morgan fingerprint density at radius 3 is 2.13 bits per heavy atom. The summed E-state index contributed by atoms with van der Waals surface area (Å²) >= 11 is 0. The molecule has 23 heavy (non-hydrogen) atoms. The van der Waals surface area contributed by atoms with Crippen molar-refractivity contribution >= 4 is 16.1 Å². The zero-order chi connectivity index (χ0) is 17.3. The van der Waals surface area contributed by atoms with Gasteiger partial charge >= 0.3 is 6.03 Å². The molecule has 1 aliphatic rings. The van der Waals surface area contributed by atoms with Crippen molar-refractivity contribution in [2.24, 2.45) is 0 Å². The molecule has 2 amide bonds. The molecular weight excluding hydrogens is 312 g/mol. The Bertz CT molecular complexity index is 460. The number of carbonyl (C=O) groups excluding carboxylic acids is 1. The van der Waals surface area contributed by atoms with E-state index in [4.69, 9.17) is 0 Å². The van der Waals surface area contributed by atoms with Gasteiger partial charge in [0.25, 0.3) is 0 Å². The van der Waals surface area contributed by atoms with Crippen LogP contribution < -0.4 is 10.0 Å². The minimum Gasteiger partial charge on any atom is -0.332 e. The average Bonchev–Trinajstić information content (AvgIpc) is 3.29. The number of sulfonamides is 1. The first-order chi connectivity index (χ1) is 10.8. The summed E-state index contributed by atoms with van der Waals surface area (Å²) < 4.78 is 25.9. The zero-order valence-electron chi connectivity index (χ0n) is 15.0. The summed E-state index contributed by atoms with van der Waals surface area (Å²) in [6.45, 7) is 6.35. The Hall–Kier alpha value is -0.780. The van der Waals surface area contributed by atoms with E-state index in [-0.39, 0.29) is 10.8 Å². The molecule has 1 rings (SSSR count). The molecule has 0 aromatic rings. The van der Waals surface area contributed by atoms with Crippen LogP contribution >= 0.6 is 0 Å². The highest BCUT2D eigenvalue weighted by molar-refractivity contribution is 7.90. The second-order valence-electron chi connectivity index (χ2n) is 7.13. The van der Waals surface area contributed by atoms with Gasteiger partial charge < -0.3 is 5.32 Å². The van der Waals surface area contributed by atoms with Crippen molar-refractivity contribution in [2.45, 2.75) is 102 Å². The van der Waals surface area contributed by atoms with E-state index in [0.29, 0.717) is 12.8 Å². The topological polar surface area (TPSA) is 75.3 Å². The third-order valence-electron chi connectivity index (χ3n) is 4.53. The number of carbonyl (C=O) groups is 1. The van der Waals surface area contributed by atoms with Gasteiger partial charge in [-0.05, 0) is 32.6 Å². The number of hydrogen-bond acceptors (Lipinski definition) is 3. The summed E-state index contributed by atoms with van der Waals surface area (Å²) in [5.41, 5.74) is -0.328. The van der Waals surface area contributed by atoms with Crippen LogP contribution in [0.3, 0.4) is 0 Å². The third-order valence-corrected chi connectivity index (χ3v) is 6.35. The molecule has 1 unspecified atom stereocenters. The minimum absolute atomic E-state index is 0.328. The summed E-state index contributed by atoms with van der Waals surface area (Å²) in [7, 11) is -3.47. The molecule has 1 atom stereocenters. The molecule has 1 aliphatic carbocycles. The van der Waals surface area contributed by atoms with Crippen LogP contribution in [0.2, 0.25) is 0 Å². The number of unbranched alkanes of at least 4 members (excludes halogenated alkanes) is 5. The van der Waals surface area contributed by atoms with Crippen LogP contribution in [0.5, 0.6) is 0 Å². The summed E-state index contributed by atoms with van der Waals surface area (Å²) in [5.74, 6) is 0. The van der Waals surface area contributed by atoms with Gasteiger partial charge in [0.1, 0.15) is 0 Å². The van der Waals surface area contributed by atoms with Gasteiger partial charge in [0.05, 0.1) is 5.25 Å². The van der Waals surface area contributed by atoms with E-state index >= 15 is 0 Å². The van der Waals surface area contributed by atoms with Crippen LogP contribution in [0, 0.1) is 0 Å². The number of rotatable bonds is 12. The lowest BCUT2D eigenvalue weighted by atomic mass is 9.88. The molecule has 0 aliphatic heterocycles. The monoisotopic (exact) mass is 346 g/mol. The van der Waals surface area contributed by atoms with Crippen molar-refractivity contribution < 1.29 is 13.2 Å². The van der Waals surface area contributed by atoms with E-state index in [1.54, 1.807) is 0 Å². The summed E-state index contributed by atoms with van der Waals surface area (Å²) in [4.78, 5) is 12.1. The van der Waals surface area contributed by atoms with E-state index in [0.717, 1.165) is 32.1 Å². The number of nitrogens with one attached hydrogen (secondary N) is 2. The predicted molar refractivity (Wildman–Crippen MR) is 94.9 cm³/mol. The highest BCUT2D eigenvalue weighted by Crippen LogP contribution is 2.27. The van der Waals surface area contributed by atoms with E-state index in [1.807, 2.05) is 6.92 Å². The van der Waals surface area contributed by atoms with Crippen molar-refractivity contribution in [3.63, 3.8) is 0 Å². The smallest absolute Gasteiger partial charge is 0.328 e. The molecule has 0 spiro atoms. The molecule has 0 aromatic carbocycles. The average molecular weight is 347 g/mol. The van der Waals surface area contributed by atoms with Crippen LogP contribution in [-0.2, 0) is 10.0 Å². The lowest BCUT2D eigenvalue weighted by Gasteiger charge is -2.31.